The fraction of sp³-hybridized carbons (Fsp3) is 0.406. The molecular formula is C32H34Cl2N4O2. The molecule has 1 aromatic heterocycles. The molecule has 1 atom stereocenters. The summed E-state index contributed by atoms with van der Waals surface area (Å²) in [5.41, 5.74) is 4.97. The highest BCUT2D eigenvalue weighted by atomic mass is 35.5. The lowest BCUT2D eigenvalue weighted by molar-refractivity contribution is 0.0515. The molecule has 1 aliphatic carbocycles. The first-order chi connectivity index (χ1) is 19.3. The number of rotatable bonds is 4. The van der Waals surface area contributed by atoms with Gasteiger partial charge in [-0.25, -0.2) is 0 Å². The molecule has 208 valence electrons. The van der Waals surface area contributed by atoms with Crippen molar-refractivity contribution in [3.63, 3.8) is 0 Å². The van der Waals surface area contributed by atoms with Crippen LogP contribution in [0.2, 0.25) is 10.0 Å². The lowest BCUT2D eigenvalue weighted by Gasteiger charge is -2.47. The number of nitrogens with zero attached hydrogens (tertiary/aromatic N) is 4. The molecule has 0 bridgehead atoms. The van der Waals surface area contributed by atoms with E-state index in [9.17, 15) is 9.59 Å². The van der Waals surface area contributed by atoms with E-state index >= 15 is 0 Å². The number of amides is 2. The first-order valence-corrected chi connectivity index (χ1v) is 14.9. The number of hydrogen-bond acceptors (Lipinski definition) is 4. The molecule has 8 heteroatoms. The van der Waals surface area contributed by atoms with E-state index in [0.29, 0.717) is 26.6 Å². The molecule has 6 nitrogen and oxygen atoms in total. The number of carbonyl (C=O) groups is 2. The molecule has 2 aliphatic heterocycles. The highest BCUT2D eigenvalue weighted by Gasteiger charge is 2.39. The molecule has 0 radical (unpaired) electrons. The lowest BCUT2D eigenvalue weighted by atomic mass is 9.71. The van der Waals surface area contributed by atoms with Gasteiger partial charge in [-0.1, -0.05) is 29.3 Å². The normalized spacial score (nSPS) is 19.9. The van der Waals surface area contributed by atoms with Crippen LogP contribution in [0.25, 0.3) is 0 Å². The fourth-order valence-electron chi connectivity index (χ4n) is 6.77. The van der Waals surface area contributed by atoms with Gasteiger partial charge in [0.25, 0.3) is 11.8 Å². The van der Waals surface area contributed by atoms with E-state index in [2.05, 4.69) is 28.1 Å². The van der Waals surface area contributed by atoms with E-state index in [1.807, 2.05) is 36.5 Å². The van der Waals surface area contributed by atoms with Gasteiger partial charge in [-0.2, -0.15) is 0 Å². The van der Waals surface area contributed by atoms with Gasteiger partial charge in [0, 0.05) is 61.9 Å². The quantitative estimate of drug-likeness (QED) is 0.348. The third-order valence-electron chi connectivity index (χ3n) is 9.35. The van der Waals surface area contributed by atoms with E-state index in [-0.39, 0.29) is 17.9 Å². The van der Waals surface area contributed by atoms with Crippen LogP contribution in [0.1, 0.15) is 70.0 Å². The van der Waals surface area contributed by atoms with Gasteiger partial charge in [0.05, 0.1) is 16.6 Å². The van der Waals surface area contributed by atoms with Crippen LogP contribution in [0.15, 0.2) is 60.9 Å². The number of pyridine rings is 1. The van der Waals surface area contributed by atoms with Crippen LogP contribution in [-0.4, -0.2) is 59.8 Å². The highest BCUT2D eigenvalue weighted by Crippen LogP contribution is 2.43. The van der Waals surface area contributed by atoms with Crippen molar-refractivity contribution < 1.29 is 9.59 Å². The van der Waals surface area contributed by atoms with E-state index in [0.717, 1.165) is 70.3 Å². The van der Waals surface area contributed by atoms with Crippen molar-refractivity contribution in [1.29, 1.82) is 0 Å². The predicted molar refractivity (Wildman–Crippen MR) is 159 cm³/mol. The monoisotopic (exact) mass is 576 g/mol. The molecule has 3 aliphatic rings. The summed E-state index contributed by atoms with van der Waals surface area (Å²) in [5.74, 6) is -0.0557. The molecule has 2 fully saturated rings. The van der Waals surface area contributed by atoms with Crippen molar-refractivity contribution in [1.82, 2.24) is 14.8 Å². The smallest absolute Gasteiger partial charge is 0.255 e. The van der Waals surface area contributed by atoms with E-state index in [1.54, 1.807) is 23.1 Å². The Balaban J connectivity index is 1.10. The number of piperidine rings is 2. The minimum Gasteiger partial charge on any atom is -0.371 e. The number of likely N-dealkylation sites (tertiary alicyclic amines) is 1. The third kappa shape index (κ3) is 5.19. The van der Waals surface area contributed by atoms with Crippen molar-refractivity contribution in [3.8, 4) is 0 Å². The molecule has 1 spiro atoms. The molecule has 0 saturated carbocycles. The molecule has 3 aromatic rings. The standard InChI is InChI=1S/C32H34Cl2N4O2/c1-36(31(40)26-6-5-24(33)21-28(26)34)29-7-4-22-2-3-23(20-27(22)29)30(39)38-18-12-32(13-19-38)10-16-37(17-11-32)25-8-14-35-15-9-25/h2-3,5-6,8-9,14-15,20-21,29H,4,7,10-13,16-19H2,1H3. The van der Waals surface area contributed by atoms with E-state index in [4.69, 9.17) is 23.2 Å². The number of benzene rings is 2. The number of carbonyl (C=O) groups excluding carboxylic acids is 2. The zero-order valence-corrected chi connectivity index (χ0v) is 24.3. The summed E-state index contributed by atoms with van der Waals surface area (Å²) >= 11 is 12.4. The number of aryl methyl sites for hydroxylation is 1. The summed E-state index contributed by atoms with van der Waals surface area (Å²) in [6.45, 7) is 3.69. The average molecular weight is 578 g/mol. The molecule has 2 aromatic carbocycles. The Hall–Kier alpha value is -3.09. The van der Waals surface area contributed by atoms with Crippen LogP contribution in [0.4, 0.5) is 5.69 Å². The summed E-state index contributed by atoms with van der Waals surface area (Å²) in [6, 6.07) is 15.1. The molecule has 0 N–H and O–H groups in total. The summed E-state index contributed by atoms with van der Waals surface area (Å²) < 4.78 is 0. The largest absolute Gasteiger partial charge is 0.371 e. The van der Waals surface area contributed by atoms with Gasteiger partial charge in [-0.3, -0.25) is 14.6 Å². The van der Waals surface area contributed by atoms with Crippen molar-refractivity contribution in [2.45, 2.75) is 44.6 Å². The number of halogens is 2. The van der Waals surface area contributed by atoms with Gasteiger partial charge < -0.3 is 14.7 Å². The maximum Gasteiger partial charge on any atom is 0.255 e. The number of hydrogen-bond donors (Lipinski definition) is 0. The second-order valence-electron chi connectivity index (χ2n) is 11.5. The van der Waals surface area contributed by atoms with Crippen molar-refractivity contribution in [2.75, 3.05) is 38.1 Å². The van der Waals surface area contributed by atoms with Crippen LogP contribution >= 0.6 is 23.2 Å². The third-order valence-corrected chi connectivity index (χ3v) is 9.90. The minimum atomic E-state index is -0.146. The van der Waals surface area contributed by atoms with Crippen molar-refractivity contribution >= 4 is 40.7 Å². The predicted octanol–water partition coefficient (Wildman–Crippen LogP) is 6.67. The van der Waals surface area contributed by atoms with Crippen LogP contribution < -0.4 is 4.90 Å². The molecule has 6 rings (SSSR count). The fourth-order valence-corrected chi connectivity index (χ4v) is 7.26. The van der Waals surface area contributed by atoms with Gasteiger partial charge >= 0.3 is 0 Å². The highest BCUT2D eigenvalue weighted by molar-refractivity contribution is 6.36. The second-order valence-corrected chi connectivity index (χ2v) is 12.3. The summed E-state index contributed by atoms with van der Waals surface area (Å²) in [4.78, 5) is 37.3. The van der Waals surface area contributed by atoms with Gasteiger partial charge in [-0.15, -0.1) is 0 Å². The van der Waals surface area contributed by atoms with Crippen molar-refractivity contribution in [3.05, 3.63) is 93.2 Å². The van der Waals surface area contributed by atoms with Gasteiger partial charge in [0.2, 0.25) is 0 Å². The molecule has 1 unspecified atom stereocenters. The lowest BCUT2D eigenvalue weighted by Crippen LogP contribution is -2.48. The molecule has 2 amide bonds. The topological polar surface area (TPSA) is 56.8 Å². The van der Waals surface area contributed by atoms with E-state index in [1.165, 1.54) is 11.3 Å². The first-order valence-electron chi connectivity index (χ1n) is 14.1. The van der Waals surface area contributed by atoms with Gasteiger partial charge in [0.15, 0.2) is 0 Å². The Kier molecular flexibility index (Phi) is 7.49. The SMILES string of the molecule is CN(C(=O)c1ccc(Cl)cc1Cl)C1CCc2ccc(C(=O)N3CCC4(CC3)CCN(c3ccncc3)CC4)cc21. The van der Waals surface area contributed by atoms with Gasteiger partial charge in [-0.05, 0) is 97.5 Å². The number of anilines is 1. The first kappa shape index (κ1) is 27.1. The Morgan fingerprint density at radius 2 is 1.62 bits per heavy atom. The Morgan fingerprint density at radius 3 is 2.33 bits per heavy atom. The maximum atomic E-state index is 13.6. The summed E-state index contributed by atoms with van der Waals surface area (Å²) in [6.07, 6.45) is 9.84. The van der Waals surface area contributed by atoms with Gasteiger partial charge in [0.1, 0.15) is 0 Å². The second kappa shape index (κ2) is 11.1. The van der Waals surface area contributed by atoms with E-state index < -0.39 is 0 Å². The average Bonchev–Trinajstić information content (AvgIpc) is 3.41. The number of fused-ring (bicyclic) bond motifs is 1. The van der Waals surface area contributed by atoms with Crippen LogP contribution in [0.5, 0.6) is 0 Å². The Bertz CT molecular complexity index is 1410. The molecular weight excluding hydrogens is 543 g/mol. The summed E-state index contributed by atoms with van der Waals surface area (Å²) in [7, 11) is 1.81. The molecule has 40 heavy (non-hydrogen) atoms. The summed E-state index contributed by atoms with van der Waals surface area (Å²) in [5, 5.41) is 0.843. The number of aromatic nitrogens is 1. The minimum absolute atomic E-state index is 0.0900. The Labute approximate surface area is 245 Å². The van der Waals surface area contributed by atoms with Crippen molar-refractivity contribution in [2.24, 2.45) is 5.41 Å². The zero-order valence-electron chi connectivity index (χ0n) is 22.8. The van der Waals surface area contributed by atoms with Crippen LogP contribution in [0, 0.1) is 5.41 Å². The van der Waals surface area contributed by atoms with Crippen LogP contribution in [-0.2, 0) is 6.42 Å². The molecule has 3 heterocycles. The zero-order chi connectivity index (χ0) is 27.9. The van der Waals surface area contributed by atoms with Crippen LogP contribution in [0.3, 0.4) is 0 Å². The maximum absolute atomic E-state index is 13.6. The Morgan fingerprint density at radius 1 is 0.925 bits per heavy atom. The molecule has 2 saturated heterocycles.